The van der Waals surface area contributed by atoms with Gasteiger partial charge in [-0.25, -0.2) is 9.78 Å². The first kappa shape index (κ1) is 15.3. The van der Waals surface area contributed by atoms with Gasteiger partial charge in [0.2, 0.25) is 0 Å². The van der Waals surface area contributed by atoms with E-state index >= 15 is 0 Å². The van der Waals surface area contributed by atoms with Gasteiger partial charge in [-0.2, -0.15) is 0 Å². The van der Waals surface area contributed by atoms with Crippen molar-refractivity contribution in [3.63, 3.8) is 0 Å². The molecule has 0 saturated carbocycles. The molecule has 1 N–H and O–H groups in total. The van der Waals surface area contributed by atoms with E-state index in [1.165, 1.54) is 10.7 Å². The number of aryl methyl sites for hydroxylation is 1. The summed E-state index contributed by atoms with van der Waals surface area (Å²) in [5, 5.41) is 6.82. The molecule has 0 bridgehead atoms. The number of likely N-dealkylation sites (tertiary alicyclic amines) is 1. The van der Waals surface area contributed by atoms with E-state index in [4.69, 9.17) is 4.74 Å². The maximum absolute atomic E-state index is 11.6. The number of nitrogens with zero attached hydrogens (tertiary/aromatic N) is 2. The normalized spacial score (nSPS) is 18.5. The minimum absolute atomic E-state index is 0.190. The summed E-state index contributed by atoms with van der Waals surface area (Å²) in [5.74, 6) is 0. The zero-order valence-electron chi connectivity index (χ0n) is 12.2. The number of hydrogen-bond donors (Lipinski definition) is 1. The van der Waals surface area contributed by atoms with E-state index in [0.29, 0.717) is 12.6 Å². The molecule has 0 aliphatic carbocycles. The number of ether oxygens (including phenoxy) is 1. The molecular formula is C14H23N3O2S. The SMILES string of the molecule is CCOC(=O)N1CCC(NCCc2nc(CC)cs2)C1. The number of carbonyl (C=O) groups excluding carboxylic acids is 1. The average molecular weight is 297 g/mol. The fourth-order valence-electron chi connectivity index (χ4n) is 2.32. The lowest BCUT2D eigenvalue weighted by Gasteiger charge is -2.16. The molecule has 0 aromatic carbocycles. The van der Waals surface area contributed by atoms with Crippen LogP contribution in [0.3, 0.4) is 0 Å². The molecule has 2 heterocycles. The summed E-state index contributed by atoms with van der Waals surface area (Å²) >= 11 is 1.73. The molecule has 2 rings (SSSR count). The van der Waals surface area contributed by atoms with Crippen molar-refractivity contribution in [1.29, 1.82) is 0 Å². The Hall–Kier alpha value is -1.14. The van der Waals surface area contributed by atoms with Gasteiger partial charge in [-0.05, 0) is 19.8 Å². The van der Waals surface area contributed by atoms with Gasteiger partial charge in [0.05, 0.1) is 17.3 Å². The Balaban J connectivity index is 1.66. The minimum atomic E-state index is -0.190. The Morgan fingerprint density at radius 2 is 2.45 bits per heavy atom. The van der Waals surface area contributed by atoms with E-state index in [2.05, 4.69) is 22.6 Å². The van der Waals surface area contributed by atoms with Crippen LogP contribution in [0.1, 0.15) is 31.0 Å². The van der Waals surface area contributed by atoms with Gasteiger partial charge in [0.1, 0.15) is 0 Å². The van der Waals surface area contributed by atoms with Gasteiger partial charge in [-0.3, -0.25) is 0 Å². The zero-order chi connectivity index (χ0) is 14.4. The molecule has 1 amide bonds. The molecule has 1 aromatic heterocycles. The summed E-state index contributed by atoms with van der Waals surface area (Å²) in [7, 11) is 0. The van der Waals surface area contributed by atoms with E-state index < -0.39 is 0 Å². The van der Waals surface area contributed by atoms with E-state index in [0.717, 1.165) is 38.9 Å². The summed E-state index contributed by atoms with van der Waals surface area (Å²) in [6, 6.07) is 0.380. The monoisotopic (exact) mass is 297 g/mol. The van der Waals surface area contributed by atoms with Crippen molar-refractivity contribution >= 4 is 17.4 Å². The van der Waals surface area contributed by atoms with Crippen molar-refractivity contribution in [2.75, 3.05) is 26.2 Å². The third-order valence-corrected chi connectivity index (χ3v) is 4.41. The van der Waals surface area contributed by atoms with Crippen LogP contribution >= 0.6 is 11.3 Å². The van der Waals surface area contributed by atoms with Gasteiger partial charge < -0.3 is 15.0 Å². The number of hydrogen-bond acceptors (Lipinski definition) is 5. The number of thiazole rings is 1. The molecule has 20 heavy (non-hydrogen) atoms. The van der Waals surface area contributed by atoms with Crippen LogP contribution < -0.4 is 5.32 Å². The summed E-state index contributed by atoms with van der Waals surface area (Å²) in [4.78, 5) is 17.9. The van der Waals surface area contributed by atoms with Crippen LogP contribution in [-0.4, -0.2) is 48.3 Å². The van der Waals surface area contributed by atoms with Crippen LogP contribution in [0.5, 0.6) is 0 Å². The highest BCUT2D eigenvalue weighted by Crippen LogP contribution is 2.12. The summed E-state index contributed by atoms with van der Waals surface area (Å²) in [5.41, 5.74) is 1.18. The predicted molar refractivity (Wildman–Crippen MR) is 80.2 cm³/mol. The van der Waals surface area contributed by atoms with Crippen LogP contribution in [0.15, 0.2) is 5.38 Å². The summed E-state index contributed by atoms with van der Waals surface area (Å²) in [6.45, 7) is 6.85. The lowest BCUT2D eigenvalue weighted by Crippen LogP contribution is -2.36. The first-order chi connectivity index (χ1) is 9.72. The van der Waals surface area contributed by atoms with Crippen molar-refractivity contribution in [3.05, 3.63) is 16.1 Å². The fourth-order valence-corrected chi connectivity index (χ4v) is 3.20. The Labute approximate surface area is 124 Å². The van der Waals surface area contributed by atoms with Gasteiger partial charge in [-0.1, -0.05) is 6.92 Å². The van der Waals surface area contributed by atoms with Crippen LogP contribution in [-0.2, 0) is 17.6 Å². The number of rotatable bonds is 6. The topological polar surface area (TPSA) is 54.5 Å². The molecule has 0 radical (unpaired) electrons. The smallest absolute Gasteiger partial charge is 0.409 e. The number of nitrogens with one attached hydrogen (secondary N) is 1. The van der Waals surface area contributed by atoms with Crippen LogP contribution in [0, 0.1) is 0 Å². The molecule has 1 aliphatic rings. The Morgan fingerprint density at radius 3 is 3.15 bits per heavy atom. The highest BCUT2D eigenvalue weighted by molar-refractivity contribution is 7.09. The second-order valence-electron chi connectivity index (χ2n) is 4.92. The first-order valence-corrected chi connectivity index (χ1v) is 8.19. The summed E-state index contributed by atoms with van der Waals surface area (Å²) < 4.78 is 5.01. The Kier molecular flexibility index (Phi) is 5.79. The maximum atomic E-state index is 11.6. The van der Waals surface area contributed by atoms with E-state index in [9.17, 15) is 4.79 Å². The molecule has 1 saturated heterocycles. The molecule has 5 nitrogen and oxygen atoms in total. The lowest BCUT2D eigenvalue weighted by atomic mass is 10.2. The van der Waals surface area contributed by atoms with Gasteiger partial charge in [0.15, 0.2) is 0 Å². The molecule has 1 aromatic rings. The molecule has 1 unspecified atom stereocenters. The fraction of sp³-hybridized carbons (Fsp3) is 0.714. The molecule has 112 valence electrons. The quantitative estimate of drug-likeness (QED) is 0.873. The van der Waals surface area contributed by atoms with E-state index in [1.807, 2.05) is 6.92 Å². The van der Waals surface area contributed by atoms with Gasteiger partial charge in [0.25, 0.3) is 0 Å². The van der Waals surface area contributed by atoms with Gasteiger partial charge in [0, 0.05) is 37.5 Å². The Morgan fingerprint density at radius 1 is 1.60 bits per heavy atom. The second-order valence-corrected chi connectivity index (χ2v) is 5.86. The molecule has 1 atom stereocenters. The maximum Gasteiger partial charge on any atom is 0.409 e. The molecular weight excluding hydrogens is 274 g/mol. The highest BCUT2D eigenvalue weighted by Gasteiger charge is 2.26. The van der Waals surface area contributed by atoms with Crippen molar-refractivity contribution in [1.82, 2.24) is 15.2 Å². The standard InChI is InChI=1S/C14H23N3O2S/c1-3-11-10-20-13(16-11)5-7-15-12-6-8-17(9-12)14(18)19-4-2/h10,12,15H,3-9H2,1-2H3. The van der Waals surface area contributed by atoms with E-state index in [1.54, 1.807) is 16.2 Å². The first-order valence-electron chi connectivity index (χ1n) is 7.31. The molecule has 1 aliphatic heterocycles. The zero-order valence-corrected chi connectivity index (χ0v) is 13.0. The molecule has 0 spiro atoms. The van der Waals surface area contributed by atoms with Crippen molar-refractivity contribution in [2.24, 2.45) is 0 Å². The number of amides is 1. The lowest BCUT2D eigenvalue weighted by molar-refractivity contribution is 0.115. The highest BCUT2D eigenvalue weighted by atomic mass is 32.1. The van der Waals surface area contributed by atoms with Crippen molar-refractivity contribution in [2.45, 2.75) is 39.2 Å². The Bertz CT molecular complexity index is 436. The predicted octanol–water partition coefficient (Wildman–Crippen LogP) is 2.07. The number of carbonyl (C=O) groups is 1. The largest absolute Gasteiger partial charge is 0.450 e. The van der Waals surface area contributed by atoms with Crippen LogP contribution in [0.25, 0.3) is 0 Å². The van der Waals surface area contributed by atoms with Gasteiger partial charge >= 0.3 is 6.09 Å². The van der Waals surface area contributed by atoms with E-state index in [-0.39, 0.29) is 6.09 Å². The van der Waals surface area contributed by atoms with Crippen LogP contribution in [0.2, 0.25) is 0 Å². The van der Waals surface area contributed by atoms with Gasteiger partial charge in [-0.15, -0.1) is 11.3 Å². The number of aromatic nitrogens is 1. The average Bonchev–Trinajstić information content (AvgIpc) is 3.08. The van der Waals surface area contributed by atoms with Crippen LogP contribution in [0.4, 0.5) is 4.79 Å². The molecule has 1 fully saturated rings. The second kappa shape index (κ2) is 7.59. The van der Waals surface area contributed by atoms with Crippen molar-refractivity contribution in [3.8, 4) is 0 Å². The molecule has 6 heteroatoms. The van der Waals surface area contributed by atoms with Crippen molar-refractivity contribution < 1.29 is 9.53 Å². The third-order valence-electron chi connectivity index (χ3n) is 3.45. The third kappa shape index (κ3) is 4.18. The minimum Gasteiger partial charge on any atom is -0.450 e. The summed E-state index contributed by atoms with van der Waals surface area (Å²) in [6.07, 6.45) is 2.77.